The van der Waals surface area contributed by atoms with Crippen LogP contribution in [0.2, 0.25) is 0 Å². The van der Waals surface area contributed by atoms with Crippen molar-refractivity contribution in [2.75, 3.05) is 0 Å². The Balaban J connectivity index is 1.93. The predicted octanol–water partition coefficient (Wildman–Crippen LogP) is 6.71. The Hall–Kier alpha value is -0.630. The van der Waals surface area contributed by atoms with E-state index < -0.39 is 0 Å². The largest absolute Gasteiger partial charge is 0.393 e. The molecule has 0 aliphatic heterocycles. The summed E-state index contributed by atoms with van der Waals surface area (Å²) >= 11 is 0. The molecule has 3 fully saturated rings. The number of hydrogen-bond acceptors (Lipinski definition) is 2. The van der Waals surface area contributed by atoms with E-state index >= 15 is 0 Å². The van der Waals surface area contributed by atoms with Gasteiger partial charge < -0.3 is 5.11 Å². The zero-order chi connectivity index (χ0) is 21.7. The summed E-state index contributed by atoms with van der Waals surface area (Å²) in [5.41, 5.74) is 1.68. The van der Waals surface area contributed by atoms with Gasteiger partial charge in [-0.2, -0.15) is 0 Å². The first-order chi connectivity index (χ1) is 13.2. The van der Waals surface area contributed by atoms with Gasteiger partial charge in [0, 0.05) is 5.41 Å². The number of aliphatic hydroxyl groups excluding tert-OH is 1. The van der Waals surface area contributed by atoms with Crippen LogP contribution in [0.3, 0.4) is 0 Å². The SMILES string of the molecule is CC1(C)CCC[C@]2(C)[C@@]3(C)C[C@@H](O)[C@]4(C)CC(C=O)=CC[C@@]4(C)[C@]3(C)CC[C@@]12C. The van der Waals surface area contributed by atoms with Gasteiger partial charge in [0.15, 0.2) is 0 Å². The molecule has 0 heterocycles. The van der Waals surface area contributed by atoms with Crippen LogP contribution in [0.5, 0.6) is 0 Å². The molecule has 164 valence electrons. The highest BCUT2D eigenvalue weighted by Crippen LogP contribution is 2.83. The second kappa shape index (κ2) is 5.78. The van der Waals surface area contributed by atoms with Crippen molar-refractivity contribution in [3.05, 3.63) is 11.6 Å². The number of aldehydes is 1. The van der Waals surface area contributed by atoms with Gasteiger partial charge in [-0.25, -0.2) is 0 Å². The number of carbonyl (C=O) groups is 1. The molecule has 1 N–H and O–H groups in total. The molecule has 4 rings (SSSR count). The van der Waals surface area contributed by atoms with Crippen molar-refractivity contribution in [3.8, 4) is 0 Å². The van der Waals surface area contributed by atoms with Crippen molar-refractivity contribution >= 4 is 6.29 Å². The molecule has 0 radical (unpaired) electrons. The quantitative estimate of drug-likeness (QED) is 0.497. The smallest absolute Gasteiger partial charge is 0.145 e. The molecule has 0 aromatic heterocycles. The Morgan fingerprint density at radius 3 is 2.03 bits per heavy atom. The second-order valence-corrected chi connectivity index (χ2v) is 13.3. The van der Waals surface area contributed by atoms with Crippen LogP contribution >= 0.6 is 0 Å². The fraction of sp³-hybridized carbons (Fsp3) is 0.889. The van der Waals surface area contributed by atoms with E-state index in [-0.39, 0.29) is 38.6 Å². The molecule has 4 aliphatic carbocycles. The molecule has 0 bridgehead atoms. The molecule has 4 aliphatic rings. The summed E-state index contributed by atoms with van der Waals surface area (Å²) in [5, 5.41) is 11.7. The third kappa shape index (κ3) is 2.06. The van der Waals surface area contributed by atoms with Crippen LogP contribution in [0.25, 0.3) is 0 Å². The maximum Gasteiger partial charge on any atom is 0.145 e. The molecule has 0 unspecified atom stereocenters. The first-order valence-electron chi connectivity index (χ1n) is 12.0. The number of carbonyl (C=O) groups excluding carboxylic acids is 1. The molecule has 2 nitrogen and oxygen atoms in total. The highest BCUT2D eigenvalue weighted by atomic mass is 16.3. The Morgan fingerprint density at radius 2 is 1.41 bits per heavy atom. The molecule has 0 saturated heterocycles. The van der Waals surface area contributed by atoms with Crippen LogP contribution in [-0.2, 0) is 4.79 Å². The Labute approximate surface area is 178 Å². The average molecular weight is 401 g/mol. The number of allylic oxidation sites excluding steroid dienone is 2. The molecule has 29 heavy (non-hydrogen) atoms. The fourth-order valence-corrected chi connectivity index (χ4v) is 9.70. The molecule has 0 spiro atoms. The van der Waals surface area contributed by atoms with Gasteiger partial charge in [-0.1, -0.05) is 67.9 Å². The van der Waals surface area contributed by atoms with Crippen LogP contribution < -0.4 is 0 Å². The summed E-state index contributed by atoms with van der Waals surface area (Å²) in [4.78, 5) is 11.6. The maximum absolute atomic E-state index is 11.7. The first-order valence-corrected chi connectivity index (χ1v) is 12.0. The van der Waals surface area contributed by atoms with E-state index in [0.717, 1.165) is 31.1 Å². The van der Waals surface area contributed by atoms with Crippen molar-refractivity contribution in [2.24, 2.45) is 37.9 Å². The van der Waals surface area contributed by atoms with Gasteiger partial charge in [-0.3, -0.25) is 4.79 Å². The zero-order valence-corrected chi connectivity index (χ0v) is 20.2. The van der Waals surface area contributed by atoms with Gasteiger partial charge in [0.1, 0.15) is 6.29 Å². The zero-order valence-electron chi connectivity index (χ0n) is 20.2. The summed E-state index contributed by atoms with van der Waals surface area (Å²) in [6, 6.07) is 0. The Morgan fingerprint density at radius 1 is 0.828 bits per heavy atom. The summed E-state index contributed by atoms with van der Waals surface area (Å²) < 4.78 is 0. The number of hydrogen-bond donors (Lipinski definition) is 1. The van der Waals surface area contributed by atoms with Crippen LogP contribution in [0.1, 0.15) is 107 Å². The van der Waals surface area contributed by atoms with Crippen molar-refractivity contribution in [1.29, 1.82) is 0 Å². The first kappa shape index (κ1) is 21.6. The van der Waals surface area contributed by atoms with Crippen LogP contribution in [-0.4, -0.2) is 17.5 Å². The summed E-state index contributed by atoms with van der Waals surface area (Å²) in [6.07, 6.45) is 11.7. The number of aliphatic hydroxyl groups is 1. The molecule has 0 aromatic rings. The predicted molar refractivity (Wildman–Crippen MR) is 120 cm³/mol. The molecule has 7 atom stereocenters. The van der Waals surface area contributed by atoms with Gasteiger partial charge in [0.25, 0.3) is 0 Å². The minimum Gasteiger partial charge on any atom is -0.393 e. The minimum atomic E-state index is -0.363. The van der Waals surface area contributed by atoms with E-state index in [1.807, 2.05) is 0 Å². The van der Waals surface area contributed by atoms with E-state index in [1.54, 1.807) is 0 Å². The topological polar surface area (TPSA) is 37.3 Å². The maximum atomic E-state index is 11.7. The molecule has 0 amide bonds. The van der Waals surface area contributed by atoms with Crippen molar-refractivity contribution < 1.29 is 9.90 Å². The van der Waals surface area contributed by atoms with Gasteiger partial charge in [-0.15, -0.1) is 0 Å². The number of fused-ring (bicyclic) bond motifs is 5. The van der Waals surface area contributed by atoms with Crippen LogP contribution in [0.15, 0.2) is 11.6 Å². The van der Waals surface area contributed by atoms with Gasteiger partial charge in [-0.05, 0) is 83.0 Å². The van der Waals surface area contributed by atoms with E-state index in [4.69, 9.17) is 0 Å². The van der Waals surface area contributed by atoms with Gasteiger partial charge >= 0.3 is 0 Å². The molecular weight excluding hydrogens is 356 g/mol. The number of rotatable bonds is 1. The minimum absolute atomic E-state index is 0.00907. The Bertz CT molecular complexity index is 766. The van der Waals surface area contributed by atoms with E-state index in [2.05, 4.69) is 61.5 Å². The Kier molecular flexibility index (Phi) is 4.31. The monoisotopic (exact) mass is 400 g/mol. The highest BCUT2D eigenvalue weighted by Gasteiger charge is 2.77. The van der Waals surface area contributed by atoms with Crippen LogP contribution in [0.4, 0.5) is 0 Å². The lowest BCUT2D eigenvalue weighted by Crippen LogP contribution is -2.75. The third-order valence-electron chi connectivity index (χ3n) is 13.1. The standard InChI is InChI=1S/C27H44O2/c1-21(2)11-9-12-25(6)23(21,4)14-15-26(7)24(5)13-10-19(18-28)16-22(24,3)20(29)17-27(25,26)8/h10,18,20,29H,9,11-17H2,1-8H3/t20-,22+,23+,24-,25+,26+,27-/m1/s1. The summed E-state index contributed by atoms with van der Waals surface area (Å²) in [6.45, 7) is 20.0. The van der Waals surface area contributed by atoms with E-state index in [9.17, 15) is 9.90 Å². The molecule has 2 heteroatoms. The highest BCUT2D eigenvalue weighted by molar-refractivity contribution is 5.74. The van der Waals surface area contributed by atoms with E-state index in [0.29, 0.717) is 5.41 Å². The van der Waals surface area contributed by atoms with Gasteiger partial charge in [0.05, 0.1) is 6.10 Å². The second-order valence-electron chi connectivity index (χ2n) is 13.3. The lowest BCUT2D eigenvalue weighted by atomic mass is 9.24. The van der Waals surface area contributed by atoms with Crippen molar-refractivity contribution in [2.45, 2.75) is 113 Å². The lowest BCUT2D eigenvalue weighted by Gasteiger charge is -2.80. The molecular formula is C27H44O2. The van der Waals surface area contributed by atoms with Crippen molar-refractivity contribution in [1.82, 2.24) is 0 Å². The normalized spacial score (nSPS) is 56.4. The summed E-state index contributed by atoms with van der Waals surface area (Å²) in [5.74, 6) is 0. The fourth-order valence-electron chi connectivity index (χ4n) is 9.70. The third-order valence-corrected chi connectivity index (χ3v) is 13.1. The van der Waals surface area contributed by atoms with E-state index in [1.165, 1.54) is 32.1 Å². The molecule has 0 aromatic carbocycles. The summed E-state index contributed by atoms with van der Waals surface area (Å²) in [7, 11) is 0. The lowest BCUT2D eigenvalue weighted by molar-refractivity contribution is -0.328. The van der Waals surface area contributed by atoms with Crippen LogP contribution in [0, 0.1) is 37.9 Å². The van der Waals surface area contributed by atoms with Gasteiger partial charge in [0.2, 0.25) is 0 Å². The average Bonchev–Trinajstić information content (AvgIpc) is 2.64. The van der Waals surface area contributed by atoms with Crippen molar-refractivity contribution in [3.63, 3.8) is 0 Å². The molecule has 3 saturated carbocycles.